The minimum atomic E-state index is -1.31. The minimum absolute atomic E-state index is 0.0461. The number of aliphatic hydroxyl groups excluding tert-OH is 2. The largest absolute Gasteiger partial charge is 0.465 e. The van der Waals surface area contributed by atoms with E-state index >= 15 is 0 Å². The summed E-state index contributed by atoms with van der Waals surface area (Å²) < 4.78 is 60.7. The lowest BCUT2D eigenvalue weighted by atomic mass is 9.87. The number of benzene rings is 2. The molecule has 1 aliphatic carbocycles. The Morgan fingerprint density at radius 1 is 0.505 bits per heavy atom. The summed E-state index contributed by atoms with van der Waals surface area (Å²) >= 11 is 0. The average Bonchev–Trinajstić information content (AvgIpc) is 0.847. The molecule has 30 nitrogen and oxygen atoms in total. The third kappa shape index (κ3) is 42.3. The molecule has 1 aliphatic rings. The van der Waals surface area contributed by atoms with Crippen molar-refractivity contribution < 1.29 is 125 Å². The Morgan fingerprint density at radius 2 is 0.953 bits per heavy atom. The van der Waals surface area contributed by atoms with E-state index in [1.54, 1.807) is 39.8 Å². The van der Waals surface area contributed by atoms with E-state index in [0.29, 0.717) is 67.4 Å². The number of carbonyl (C=O) groups is 12. The van der Waals surface area contributed by atoms with Crippen LogP contribution in [0.1, 0.15) is 166 Å². The van der Waals surface area contributed by atoms with E-state index in [0.717, 1.165) is 23.2 Å². The van der Waals surface area contributed by atoms with Crippen molar-refractivity contribution >= 4 is 83.3 Å². The van der Waals surface area contributed by atoms with Gasteiger partial charge in [-0.05, 0) is 136 Å². The molecule has 1 saturated carbocycles. The number of hydrogen-bond donors (Lipinski definition) is 6. The number of hydrogen-bond acceptors (Lipinski definition) is 26. The zero-order chi connectivity index (χ0) is 81.5. The predicted molar refractivity (Wildman–Crippen MR) is 396 cm³/mol. The third-order valence-corrected chi connectivity index (χ3v) is 16.0. The molecule has 2 aromatic rings. The zero-order valence-electron chi connectivity index (χ0n) is 65.1. The van der Waals surface area contributed by atoms with Crippen LogP contribution in [-0.4, -0.2) is 193 Å². The van der Waals surface area contributed by atoms with Crippen molar-refractivity contribution in [1.29, 1.82) is 0 Å². The van der Waals surface area contributed by atoms with Crippen LogP contribution in [0.2, 0.25) is 0 Å². The molecule has 6 atom stereocenters. The van der Waals surface area contributed by atoms with Crippen molar-refractivity contribution in [2.45, 2.75) is 186 Å². The van der Waals surface area contributed by atoms with E-state index in [2.05, 4.69) is 47.6 Å². The first-order chi connectivity index (χ1) is 50.2. The molecule has 0 saturated heterocycles. The number of rotatable bonds is 40. The van der Waals surface area contributed by atoms with Gasteiger partial charge in [0, 0.05) is 67.0 Å². The van der Waals surface area contributed by atoms with Gasteiger partial charge in [0.2, 0.25) is 5.91 Å². The van der Waals surface area contributed by atoms with Crippen LogP contribution in [-0.2, 0) is 106 Å². The van der Waals surface area contributed by atoms with Gasteiger partial charge < -0.3 is 83.0 Å². The highest BCUT2D eigenvalue weighted by Crippen LogP contribution is 2.30. The van der Waals surface area contributed by atoms with Crippen molar-refractivity contribution in [2.24, 2.45) is 22.2 Å². The summed E-state index contributed by atoms with van der Waals surface area (Å²) in [6.45, 7) is 37.9. The molecule has 107 heavy (non-hydrogen) atoms. The van der Waals surface area contributed by atoms with Crippen LogP contribution in [0.3, 0.4) is 0 Å². The summed E-state index contributed by atoms with van der Waals surface area (Å²) in [6, 6.07) is 14.7. The summed E-state index contributed by atoms with van der Waals surface area (Å²) in [7, 11) is 1.41. The average molecular weight is 1510 g/mol. The number of carbonyl (C=O) groups excluding carboxylic acids is 12. The van der Waals surface area contributed by atoms with Crippen molar-refractivity contribution in [3.63, 3.8) is 0 Å². The Morgan fingerprint density at radius 3 is 1.39 bits per heavy atom. The molecule has 0 aromatic heterocycles. The standard InChI is InChI=1S/C30H38N2O9.C16H27NO6.C16H26O5.C15H25NO6/c1-6-30(18-38-5,28(36)40-17-26(34)16-39-27(35)20(2)3)19-41-29(37)32-25-13-9-23(10-14-25)15-22-7-11-24(12-8-22)31-21(4)33;1-6-16(4,5)14(19)22-9-7-10-23-15(20)17-8-11-21-13(18)12(2)3;1-6-16(4,5)15(19)21-13-8-7-11(9-12(13)17)20-14(18)10(2)3;1-5-12(4)14(18)20-8-6-9-22-15(19)16-7-10-21-13(17)11(2)3/h7-14,26,34H,2,6,15-19H2,1,3-5H3,(H,31,33)(H,32,37);2,6-11H2,1,3-5H3,(H,17,20);11-13,17H,2,6-9H2,1,3-5H3;12H,2,5-10H2,1,3-4H3,(H,16,19). The fourth-order valence-electron chi connectivity index (χ4n) is 8.06. The molecule has 0 heterocycles. The van der Waals surface area contributed by atoms with E-state index in [4.69, 9.17) is 56.8 Å². The molecular weight excluding hydrogens is 1400 g/mol. The van der Waals surface area contributed by atoms with Crippen LogP contribution in [0, 0.1) is 22.2 Å². The second-order valence-electron chi connectivity index (χ2n) is 26.5. The SMILES string of the molecule is C=C(C)C(=O)OC1CCC(OC(=O)C(C)(C)CC)C(O)C1.C=C(C)C(=O)OCC(O)COC(=O)C(CC)(COC)COC(=O)Nc1ccc(Cc2ccc(NC(C)=O)cc2)cc1.C=C(C)C(=O)OCCNC(=O)OCCCOC(=O)C(C)(C)CC.C=C(C)C(=O)OCCNC(=O)OCCCOC(=O)C(C)CC. The van der Waals surface area contributed by atoms with Gasteiger partial charge in [0.05, 0.1) is 69.0 Å². The Hall–Kier alpha value is -9.68. The van der Waals surface area contributed by atoms with Gasteiger partial charge in [-0.1, -0.05) is 85.2 Å². The van der Waals surface area contributed by atoms with Gasteiger partial charge in [0.1, 0.15) is 56.8 Å². The number of nitrogens with one attached hydrogen (secondary N) is 4. The number of aliphatic hydroxyl groups is 2. The summed E-state index contributed by atoms with van der Waals surface area (Å²) in [5.41, 5.74) is 2.05. The van der Waals surface area contributed by atoms with Crippen LogP contribution < -0.4 is 21.3 Å². The highest BCUT2D eigenvalue weighted by Gasteiger charge is 2.41. The monoisotopic (exact) mass is 1510 g/mol. The van der Waals surface area contributed by atoms with Crippen LogP contribution in [0.15, 0.2) is 97.1 Å². The van der Waals surface area contributed by atoms with Gasteiger partial charge in [-0.2, -0.15) is 0 Å². The maximum absolute atomic E-state index is 12.9. The smallest absolute Gasteiger partial charge is 0.411 e. The van der Waals surface area contributed by atoms with Gasteiger partial charge >= 0.3 is 66.0 Å². The van der Waals surface area contributed by atoms with E-state index in [-0.39, 0.29) is 127 Å². The van der Waals surface area contributed by atoms with Gasteiger partial charge in [-0.15, -0.1) is 0 Å². The lowest BCUT2D eigenvalue weighted by Crippen LogP contribution is -2.43. The van der Waals surface area contributed by atoms with Crippen LogP contribution in [0.25, 0.3) is 0 Å². The normalized spacial score (nSPS) is 14.6. The fourth-order valence-corrected chi connectivity index (χ4v) is 8.06. The minimum Gasteiger partial charge on any atom is -0.465 e. The van der Waals surface area contributed by atoms with E-state index in [1.807, 2.05) is 84.9 Å². The lowest BCUT2D eigenvalue weighted by Gasteiger charge is -2.34. The first-order valence-electron chi connectivity index (χ1n) is 35.4. The zero-order valence-corrected chi connectivity index (χ0v) is 65.1. The number of anilines is 2. The summed E-state index contributed by atoms with van der Waals surface area (Å²) in [6.07, 6.45) is 0.268. The summed E-state index contributed by atoms with van der Waals surface area (Å²) in [4.78, 5) is 139. The summed E-state index contributed by atoms with van der Waals surface area (Å²) in [5.74, 6) is -3.90. The molecule has 600 valence electrons. The molecule has 6 N–H and O–H groups in total. The second kappa shape index (κ2) is 52.3. The molecule has 3 rings (SSSR count). The molecule has 0 spiro atoms. The van der Waals surface area contributed by atoms with E-state index in [1.165, 1.54) is 27.9 Å². The topological polar surface area (TPSA) is 404 Å². The molecule has 2 aromatic carbocycles. The maximum Gasteiger partial charge on any atom is 0.411 e. The first-order valence-corrected chi connectivity index (χ1v) is 35.4. The van der Waals surface area contributed by atoms with Crippen molar-refractivity contribution in [3.8, 4) is 0 Å². The molecule has 0 aliphatic heterocycles. The quantitative estimate of drug-likeness (QED) is 0.0156. The molecule has 6 unspecified atom stereocenters. The molecule has 4 amide bonds. The van der Waals surface area contributed by atoms with Crippen molar-refractivity contribution in [3.05, 3.63) is 108 Å². The highest BCUT2D eigenvalue weighted by atomic mass is 16.6. The number of esters is 8. The van der Waals surface area contributed by atoms with Crippen molar-refractivity contribution in [1.82, 2.24) is 10.6 Å². The molecule has 30 heteroatoms. The van der Waals surface area contributed by atoms with Gasteiger partial charge in [0.25, 0.3) is 0 Å². The van der Waals surface area contributed by atoms with Crippen LogP contribution in [0.4, 0.5) is 25.8 Å². The van der Waals surface area contributed by atoms with E-state index < -0.39 is 89.3 Å². The van der Waals surface area contributed by atoms with Crippen LogP contribution >= 0.6 is 0 Å². The second-order valence-corrected chi connectivity index (χ2v) is 26.5. The number of ether oxygens (including phenoxy) is 12. The molecule has 1 fully saturated rings. The van der Waals surface area contributed by atoms with Gasteiger partial charge in [-0.3, -0.25) is 29.3 Å². The summed E-state index contributed by atoms with van der Waals surface area (Å²) in [5, 5.41) is 30.3. The van der Waals surface area contributed by atoms with Crippen molar-refractivity contribution in [2.75, 3.05) is 96.9 Å². The van der Waals surface area contributed by atoms with Crippen LogP contribution in [0.5, 0.6) is 0 Å². The first kappa shape index (κ1) is 97.3. The Kier molecular flexibility index (Phi) is 47.6. The number of alkyl carbamates (subject to hydrolysis) is 2. The third-order valence-electron chi connectivity index (χ3n) is 16.0. The Labute approximate surface area is 629 Å². The Bertz CT molecular complexity index is 3220. The fraction of sp³-hybridized carbons (Fsp3) is 0.584. The van der Waals surface area contributed by atoms with Gasteiger partial charge in [-0.25, -0.2) is 33.6 Å². The highest BCUT2D eigenvalue weighted by molar-refractivity contribution is 5.90. The predicted octanol–water partition coefficient (Wildman–Crippen LogP) is 10.2. The molecular formula is C77H116N4O26. The van der Waals surface area contributed by atoms with Gasteiger partial charge in [0.15, 0.2) is 0 Å². The van der Waals surface area contributed by atoms with E-state index in [9.17, 15) is 67.7 Å². The number of amides is 4. The Balaban J connectivity index is 0.00000147. The maximum atomic E-state index is 12.9. The lowest BCUT2D eigenvalue weighted by molar-refractivity contribution is -0.174. The molecule has 0 bridgehead atoms. The number of methoxy groups -OCH3 is 1. The molecule has 0 radical (unpaired) electrons.